The first-order valence-corrected chi connectivity index (χ1v) is 10.0. The Kier molecular flexibility index (Phi) is 5.43. The molecule has 0 saturated heterocycles. The summed E-state index contributed by atoms with van der Waals surface area (Å²) in [6, 6.07) is 23.2. The second kappa shape index (κ2) is 8.15. The third-order valence-corrected chi connectivity index (χ3v) is 5.81. The number of amides is 2. The average molecular weight is 422 g/mol. The molecule has 29 heavy (non-hydrogen) atoms. The van der Waals surface area contributed by atoms with E-state index in [9.17, 15) is 9.59 Å². The van der Waals surface area contributed by atoms with Crippen LogP contribution >= 0.6 is 23.4 Å². The minimum Gasteiger partial charge on any atom is -0.497 e. The molecule has 0 bridgehead atoms. The first-order chi connectivity index (χ1) is 14.1. The van der Waals surface area contributed by atoms with Crippen LogP contribution in [-0.4, -0.2) is 18.9 Å². The van der Waals surface area contributed by atoms with Crippen molar-refractivity contribution in [1.29, 1.82) is 0 Å². The van der Waals surface area contributed by atoms with E-state index in [1.165, 1.54) is 16.7 Å². The van der Waals surface area contributed by atoms with Gasteiger partial charge in [-0.25, -0.2) is 4.90 Å². The molecule has 4 rings (SSSR count). The van der Waals surface area contributed by atoms with Crippen LogP contribution < -0.4 is 9.64 Å². The molecule has 3 aromatic rings. The minimum absolute atomic E-state index is 0.341. The first kappa shape index (κ1) is 19.3. The van der Waals surface area contributed by atoms with Gasteiger partial charge in [0, 0.05) is 9.92 Å². The highest BCUT2D eigenvalue weighted by Gasteiger charge is 2.40. The molecule has 0 N–H and O–H groups in total. The Labute approximate surface area is 177 Å². The van der Waals surface area contributed by atoms with E-state index in [1.54, 1.807) is 67.8 Å². The van der Waals surface area contributed by atoms with E-state index in [0.717, 1.165) is 4.90 Å². The lowest BCUT2D eigenvalue weighted by molar-refractivity contribution is -0.119. The highest BCUT2D eigenvalue weighted by molar-refractivity contribution is 8.04. The van der Waals surface area contributed by atoms with Crippen LogP contribution in [0.15, 0.2) is 88.7 Å². The van der Waals surface area contributed by atoms with Crippen molar-refractivity contribution in [3.8, 4) is 5.75 Å². The van der Waals surface area contributed by atoms with Gasteiger partial charge in [0.05, 0.1) is 23.3 Å². The number of carbonyl (C=O) groups excluding carboxylic acids is 2. The van der Waals surface area contributed by atoms with E-state index in [2.05, 4.69) is 0 Å². The predicted molar refractivity (Wildman–Crippen MR) is 116 cm³/mol. The van der Waals surface area contributed by atoms with Crippen molar-refractivity contribution in [2.75, 3.05) is 12.0 Å². The summed E-state index contributed by atoms with van der Waals surface area (Å²) in [5.74, 6) is -0.00672. The van der Waals surface area contributed by atoms with Crippen LogP contribution in [-0.2, 0) is 9.59 Å². The Bertz CT molecular complexity index is 1090. The van der Waals surface area contributed by atoms with Crippen LogP contribution in [0.4, 0.5) is 5.69 Å². The number of carbonyl (C=O) groups is 2. The van der Waals surface area contributed by atoms with Crippen molar-refractivity contribution in [1.82, 2.24) is 0 Å². The summed E-state index contributed by atoms with van der Waals surface area (Å²) in [6.45, 7) is 0. The molecule has 0 radical (unpaired) electrons. The number of benzene rings is 3. The summed E-state index contributed by atoms with van der Waals surface area (Å²) in [5.41, 5.74) is 1.58. The molecule has 1 aliphatic rings. The smallest absolute Gasteiger partial charge is 0.272 e. The van der Waals surface area contributed by atoms with Gasteiger partial charge in [0.25, 0.3) is 11.8 Å². The van der Waals surface area contributed by atoms with Crippen LogP contribution in [0.25, 0.3) is 5.57 Å². The number of hydrogen-bond acceptors (Lipinski definition) is 4. The second-order valence-corrected chi connectivity index (χ2v) is 7.79. The third kappa shape index (κ3) is 3.79. The van der Waals surface area contributed by atoms with Crippen molar-refractivity contribution in [3.63, 3.8) is 0 Å². The molecule has 1 heterocycles. The number of hydrogen-bond donors (Lipinski definition) is 0. The maximum absolute atomic E-state index is 13.3. The summed E-state index contributed by atoms with van der Waals surface area (Å²) in [5, 5.41) is 0.610. The zero-order valence-corrected chi connectivity index (χ0v) is 17.0. The number of nitrogens with zero attached hydrogens (tertiary/aromatic N) is 1. The topological polar surface area (TPSA) is 46.6 Å². The van der Waals surface area contributed by atoms with Gasteiger partial charge >= 0.3 is 0 Å². The Hall–Kier alpha value is -3.02. The maximum atomic E-state index is 13.3. The first-order valence-electron chi connectivity index (χ1n) is 8.84. The molecule has 6 heteroatoms. The number of anilines is 1. The Morgan fingerprint density at radius 1 is 0.828 bits per heavy atom. The summed E-state index contributed by atoms with van der Waals surface area (Å²) < 4.78 is 5.21. The maximum Gasteiger partial charge on any atom is 0.272 e. The molecule has 144 valence electrons. The monoisotopic (exact) mass is 421 g/mol. The zero-order valence-electron chi connectivity index (χ0n) is 15.5. The lowest BCUT2D eigenvalue weighted by Crippen LogP contribution is -2.31. The number of halogens is 1. The zero-order chi connectivity index (χ0) is 20.4. The highest BCUT2D eigenvalue weighted by atomic mass is 35.5. The van der Waals surface area contributed by atoms with E-state index in [1.807, 2.05) is 18.2 Å². The molecular weight excluding hydrogens is 406 g/mol. The molecule has 1 aliphatic heterocycles. The molecule has 0 fully saturated rings. The number of para-hydroxylation sites is 1. The second-order valence-electron chi connectivity index (χ2n) is 6.27. The molecule has 0 unspecified atom stereocenters. The lowest BCUT2D eigenvalue weighted by atomic mass is 10.1. The summed E-state index contributed by atoms with van der Waals surface area (Å²) in [6.07, 6.45) is 0. The van der Waals surface area contributed by atoms with E-state index in [-0.39, 0.29) is 11.8 Å². The number of rotatable bonds is 5. The molecule has 0 aromatic heterocycles. The van der Waals surface area contributed by atoms with Crippen LogP contribution in [0, 0.1) is 0 Å². The quantitative estimate of drug-likeness (QED) is 0.515. The van der Waals surface area contributed by atoms with Crippen molar-refractivity contribution >= 4 is 46.4 Å². The van der Waals surface area contributed by atoms with Gasteiger partial charge in [0.15, 0.2) is 0 Å². The predicted octanol–water partition coefficient (Wildman–Crippen LogP) is 5.43. The molecule has 0 spiro atoms. The van der Waals surface area contributed by atoms with Gasteiger partial charge < -0.3 is 4.74 Å². The van der Waals surface area contributed by atoms with Crippen molar-refractivity contribution < 1.29 is 14.3 Å². The molecule has 0 aliphatic carbocycles. The van der Waals surface area contributed by atoms with Crippen LogP contribution in [0.2, 0.25) is 5.02 Å². The van der Waals surface area contributed by atoms with Crippen LogP contribution in [0.1, 0.15) is 5.56 Å². The third-order valence-electron chi connectivity index (χ3n) is 4.47. The standard InChI is InChI=1S/C23H16ClNO3S/c1-28-18-11-7-15(8-12-18)20-21(29-19-13-9-16(24)10-14-19)23(27)25(22(20)26)17-5-3-2-4-6-17/h2-14H,1H3. The van der Waals surface area contributed by atoms with Crippen molar-refractivity contribution in [3.05, 3.63) is 94.4 Å². The Morgan fingerprint density at radius 3 is 2.10 bits per heavy atom. The van der Waals surface area contributed by atoms with Crippen LogP contribution in [0.5, 0.6) is 5.75 Å². The summed E-state index contributed by atoms with van der Waals surface area (Å²) in [4.78, 5) is 29.0. The summed E-state index contributed by atoms with van der Waals surface area (Å²) >= 11 is 7.23. The van der Waals surface area contributed by atoms with Gasteiger partial charge in [0.2, 0.25) is 0 Å². The van der Waals surface area contributed by atoms with Gasteiger partial charge in [-0.3, -0.25) is 9.59 Å². The van der Waals surface area contributed by atoms with Gasteiger partial charge in [0.1, 0.15) is 5.75 Å². The van der Waals surface area contributed by atoms with E-state index >= 15 is 0 Å². The Morgan fingerprint density at radius 2 is 1.48 bits per heavy atom. The van der Waals surface area contributed by atoms with Gasteiger partial charge in [-0.15, -0.1) is 0 Å². The Balaban J connectivity index is 1.80. The fourth-order valence-corrected chi connectivity index (χ4v) is 4.17. The normalized spacial score (nSPS) is 13.9. The number of imide groups is 1. The molecule has 4 nitrogen and oxygen atoms in total. The molecular formula is C23H16ClNO3S. The van der Waals surface area contributed by atoms with Crippen LogP contribution in [0.3, 0.4) is 0 Å². The molecule has 0 saturated carbocycles. The highest BCUT2D eigenvalue weighted by Crippen LogP contribution is 2.41. The van der Waals surface area contributed by atoms with Crippen molar-refractivity contribution in [2.24, 2.45) is 0 Å². The number of ether oxygens (including phenoxy) is 1. The average Bonchev–Trinajstić information content (AvgIpc) is 3.00. The van der Waals surface area contributed by atoms with Gasteiger partial charge in [-0.2, -0.15) is 0 Å². The number of thioether (sulfide) groups is 1. The SMILES string of the molecule is COc1ccc(C2=C(Sc3ccc(Cl)cc3)C(=O)N(c3ccccc3)C2=O)cc1. The summed E-state index contributed by atoms with van der Waals surface area (Å²) in [7, 11) is 1.58. The molecule has 0 atom stereocenters. The van der Waals surface area contributed by atoms with E-state index in [4.69, 9.17) is 16.3 Å². The lowest BCUT2D eigenvalue weighted by Gasteiger charge is -2.15. The number of methoxy groups -OCH3 is 1. The fraction of sp³-hybridized carbons (Fsp3) is 0.0435. The van der Waals surface area contributed by atoms with Crippen molar-refractivity contribution in [2.45, 2.75) is 4.90 Å². The molecule has 3 aromatic carbocycles. The van der Waals surface area contributed by atoms with E-state index in [0.29, 0.717) is 32.5 Å². The molecule has 2 amide bonds. The minimum atomic E-state index is -0.345. The van der Waals surface area contributed by atoms with Gasteiger partial charge in [-0.1, -0.05) is 53.7 Å². The van der Waals surface area contributed by atoms with Gasteiger partial charge in [-0.05, 0) is 54.1 Å². The van der Waals surface area contributed by atoms with E-state index < -0.39 is 0 Å². The largest absolute Gasteiger partial charge is 0.497 e. The fourth-order valence-electron chi connectivity index (χ4n) is 3.05.